The van der Waals surface area contributed by atoms with E-state index in [2.05, 4.69) is 0 Å². The summed E-state index contributed by atoms with van der Waals surface area (Å²) >= 11 is 0. The van der Waals surface area contributed by atoms with E-state index in [9.17, 15) is 4.39 Å². The molecule has 1 fully saturated rings. The predicted molar refractivity (Wildman–Crippen MR) is 53.4 cm³/mol. The van der Waals surface area contributed by atoms with E-state index in [1.807, 2.05) is 6.07 Å². The summed E-state index contributed by atoms with van der Waals surface area (Å²) in [7, 11) is 0. The third-order valence-corrected chi connectivity index (χ3v) is 2.66. The molecule has 3 heteroatoms. The Morgan fingerprint density at radius 2 is 1.85 bits per heavy atom. The second-order valence-electron chi connectivity index (χ2n) is 3.49. The van der Waals surface area contributed by atoms with Crippen LogP contribution in [0.15, 0.2) is 24.3 Å². The average Bonchev–Trinajstić information content (AvgIpc) is 2.01. The van der Waals surface area contributed by atoms with Crippen molar-refractivity contribution in [2.45, 2.75) is 24.8 Å². The molecule has 0 heterocycles. The Morgan fingerprint density at radius 3 is 2.31 bits per heavy atom. The SMILES string of the molecule is Cl.NC1(c2ccccc2F)CCC1. The van der Waals surface area contributed by atoms with Crippen LogP contribution < -0.4 is 5.73 Å². The lowest BCUT2D eigenvalue weighted by Crippen LogP contribution is -2.43. The Bertz CT molecular complexity index is 297. The van der Waals surface area contributed by atoms with Gasteiger partial charge in [-0.3, -0.25) is 0 Å². The third kappa shape index (κ3) is 1.69. The molecule has 0 aromatic heterocycles. The molecule has 1 aliphatic carbocycles. The van der Waals surface area contributed by atoms with Gasteiger partial charge in [-0.25, -0.2) is 4.39 Å². The molecule has 1 nitrogen and oxygen atoms in total. The highest BCUT2D eigenvalue weighted by Gasteiger charge is 2.36. The number of benzene rings is 1. The first-order chi connectivity index (χ1) is 5.72. The van der Waals surface area contributed by atoms with Crippen LogP contribution in [0.3, 0.4) is 0 Å². The van der Waals surface area contributed by atoms with Crippen LogP contribution in [0.5, 0.6) is 0 Å². The summed E-state index contributed by atoms with van der Waals surface area (Å²) in [6.45, 7) is 0. The van der Waals surface area contributed by atoms with E-state index < -0.39 is 0 Å². The summed E-state index contributed by atoms with van der Waals surface area (Å²) in [6, 6.07) is 6.79. The minimum absolute atomic E-state index is 0. The largest absolute Gasteiger partial charge is 0.321 e. The number of hydrogen-bond donors (Lipinski definition) is 1. The minimum atomic E-state index is -0.370. The van der Waals surface area contributed by atoms with Gasteiger partial charge in [0.2, 0.25) is 0 Å². The van der Waals surface area contributed by atoms with Crippen molar-refractivity contribution in [2.24, 2.45) is 5.73 Å². The van der Waals surface area contributed by atoms with Gasteiger partial charge in [-0.1, -0.05) is 18.2 Å². The Labute approximate surface area is 83.5 Å². The molecule has 1 aromatic rings. The highest BCUT2D eigenvalue weighted by Crippen LogP contribution is 2.39. The summed E-state index contributed by atoms with van der Waals surface area (Å²) < 4.78 is 13.2. The highest BCUT2D eigenvalue weighted by atomic mass is 35.5. The number of hydrogen-bond acceptors (Lipinski definition) is 1. The molecule has 0 bridgehead atoms. The quantitative estimate of drug-likeness (QED) is 0.743. The van der Waals surface area contributed by atoms with Crippen LogP contribution in [0.25, 0.3) is 0 Å². The molecule has 0 spiro atoms. The van der Waals surface area contributed by atoms with Gasteiger partial charge in [0.05, 0.1) is 0 Å². The molecule has 13 heavy (non-hydrogen) atoms. The van der Waals surface area contributed by atoms with E-state index in [1.54, 1.807) is 12.1 Å². The van der Waals surface area contributed by atoms with Crippen molar-refractivity contribution in [3.8, 4) is 0 Å². The standard InChI is InChI=1S/C10H12FN.ClH/c11-9-5-2-1-4-8(9)10(12)6-3-7-10;/h1-2,4-5H,3,6-7,12H2;1H. The Balaban J connectivity index is 0.000000845. The number of halogens is 2. The first-order valence-corrected chi connectivity index (χ1v) is 4.26. The minimum Gasteiger partial charge on any atom is -0.321 e. The van der Waals surface area contributed by atoms with Gasteiger partial charge in [0.25, 0.3) is 0 Å². The van der Waals surface area contributed by atoms with E-state index in [0.717, 1.165) is 19.3 Å². The molecule has 0 aliphatic heterocycles. The lowest BCUT2D eigenvalue weighted by atomic mass is 9.72. The van der Waals surface area contributed by atoms with Gasteiger partial charge in [0.15, 0.2) is 0 Å². The molecule has 2 N–H and O–H groups in total. The molecule has 0 unspecified atom stereocenters. The van der Waals surface area contributed by atoms with Gasteiger partial charge in [-0.2, -0.15) is 0 Å². The average molecular weight is 202 g/mol. The van der Waals surface area contributed by atoms with Crippen molar-refractivity contribution in [1.29, 1.82) is 0 Å². The van der Waals surface area contributed by atoms with Gasteiger partial charge < -0.3 is 5.73 Å². The van der Waals surface area contributed by atoms with E-state index in [0.29, 0.717) is 5.56 Å². The van der Waals surface area contributed by atoms with E-state index in [4.69, 9.17) is 5.73 Å². The smallest absolute Gasteiger partial charge is 0.128 e. The van der Waals surface area contributed by atoms with Crippen molar-refractivity contribution in [1.82, 2.24) is 0 Å². The van der Waals surface area contributed by atoms with Gasteiger partial charge >= 0.3 is 0 Å². The molecule has 0 saturated heterocycles. The van der Waals surface area contributed by atoms with Gasteiger partial charge in [-0.15, -0.1) is 12.4 Å². The molecule has 1 aromatic carbocycles. The molecule has 0 atom stereocenters. The second kappa shape index (κ2) is 3.64. The van der Waals surface area contributed by atoms with Crippen LogP contribution in [0.1, 0.15) is 24.8 Å². The molecule has 2 rings (SSSR count). The van der Waals surface area contributed by atoms with Crippen LogP contribution in [0, 0.1) is 5.82 Å². The zero-order valence-electron chi connectivity index (χ0n) is 7.29. The Hall–Kier alpha value is -0.600. The fourth-order valence-corrected chi connectivity index (χ4v) is 1.69. The molecule has 1 saturated carbocycles. The first-order valence-electron chi connectivity index (χ1n) is 4.26. The third-order valence-electron chi connectivity index (χ3n) is 2.66. The van der Waals surface area contributed by atoms with Crippen LogP contribution in [0.4, 0.5) is 4.39 Å². The summed E-state index contributed by atoms with van der Waals surface area (Å²) in [4.78, 5) is 0. The summed E-state index contributed by atoms with van der Waals surface area (Å²) in [5.41, 5.74) is 6.29. The van der Waals surface area contributed by atoms with E-state index in [-0.39, 0.29) is 23.8 Å². The Kier molecular flexibility index (Phi) is 2.94. The topological polar surface area (TPSA) is 26.0 Å². The molecule has 1 aliphatic rings. The van der Waals surface area contributed by atoms with E-state index in [1.165, 1.54) is 6.07 Å². The predicted octanol–water partition coefficient (Wildman–Crippen LogP) is 2.59. The maximum absolute atomic E-state index is 13.2. The summed E-state index contributed by atoms with van der Waals surface area (Å²) in [5, 5.41) is 0. The zero-order valence-corrected chi connectivity index (χ0v) is 8.11. The first kappa shape index (κ1) is 10.5. The van der Waals surface area contributed by atoms with Crippen molar-refractivity contribution < 1.29 is 4.39 Å². The lowest BCUT2D eigenvalue weighted by Gasteiger charge is -2.38. The molecule has 72 valence electrons. The van der Waals surface area contributed by atoms with Gasteiger partial charge in [0.1, 0.15) is 5.82 Å². The van der Waals surface area contributed by atoms with Crippen molar-refractivity contribution >= 4 is 12.4 Å². The van der Waals surface area contributed by atoms with Crippen LogP contribution in [0.2, 0.25) is 0 Å². The fourth-order valence-electron chi connectivity index (χ4n) is 1.69. The van der Waals surface area contributed by atoms with Crippen LogP contribution in [-0.2, 0) is 5.54 Å². The maximum atomic E-state index is 13.2. The molecule has 0 radical (unpaired) electrons. The molecular formula is C10H13ClFN. The summed E-state index contributed by atoms with van der Waals surface area (Å²) in [5.74, 6) is -0.167. The maximum Gasteiger partial charge on any atom is 0.128 e. The monoisotopic (exact) mass is 201 g/mol. The number of rotatable bonds is 1. The highest BCUT2D eigenvalue weighted by molar-refractivity contribution is 5.85. The van der Waals surface area contributed by atoms with Gasteiger partial charge in [-0.05, 0) is 25.3 Å². The molecular weight excluding hydrogens is 189 g/mol. The summed E-state index contributed by atoms with van der Waals surface area (Å²) in [6.07, 6.45) is 2.94. The normalized spacial score (nSPS) is 18.6. The van der Waals surface area contributed by atoms with Gasteiger partial charge in [0, 0.05) is 11.1 Å². The van der Waals surface area contributed by atoms with Crippen molar-refractivity contribution in [3.63, 3.8) is 0 Å². The molecule has 0 amide bonds. The second-order valence-corrected chi connectivity index (χ2v) is 3.49. The lowest BCUT2D eigenvalue weighted by molar-refractivity contribution is 0.245. The Morgan fingerprint density at radius 1 is 1.23 bits per heavy atom. The zero-order chi connectivity index (χ0) is 8.60. The van der Waals surface area contributed by atoms with Crippen LogP contribution >= 0.6 is 12.4 Å². The fraction of sp³-hybridized carbons (Fsp3) is 0.400. The van der Waals surface area contributed by atoms with E-state index >= 15 is 0 Å². The van der Waals surface area contributed by atoms with Crippen molar-refractivity contribution in [3.05, 3.63) is 35.6 Å². The van der Waals surface area contributed by atoms with Crippen molar-refractivity contribution in [2.75, 3.05) is 0 Å². The number of nitrogens with two attached hydrogens (primary N) is 1. The van der Waals surface area contributed by atoms with Crippen LogP contribution in [-0.4, -0.2) is 0 Å².